The van der Waals surface area contributed by atoms with E-state index in [9.17, 15) is 14.7 Å². The Labute approximate surface area is 223 Å². The van der Waals surface area contributed by atoms with E-state index in [1.54, 1.807) is 0 Å². The van der Waals surface area contributed by atoms with Crippen molar-refractivity contribution in [3.63, 3.8) is 0 Å². The zero-order valence-corrected chi connectivity index (χ0v) is 22.6. The second kappa shape index (κ2) is 8.80. The van der Waals surface area contributed by atoms with Crippen LogP contribution < -0.4 is 5.32 Å². The zero-order chi connectivity index (χ0) is 26.8. The Morgan fingerprint density at radius 2 is 1.84 bits per heavy atom. The Hall–Kier alpha value is -3.45. The number of carbonyl (C=O) groups is 2. The molecule has 1 fully saturated rings. The van der Waals surface area contributed by atoms with Gasteiger partial charge in [0.2, 0.25) is 0 Å². The monoisotopic (exact) mass is 512 g/mol. The average molecular weight is 513 g/mol. The van der Waals surface area contributed by atoms with Gasteiger partial charge in [0.25, 0.3) is 11.8 Å². The maximum Gasteiger partial charge on any atom is 0.255 e. The number of hydrogen-bond acceptors (Lipinski definition) is 4. The standard InChI is InChI=1S/C31H36N4O3/c1-18(20-6-8-21(9-7-20)28(37)32-31(4)12-5-13-31)35-17-23-14-22(10-11-24(23)29(35)38)27-25-15-30(3,19(2)36)16-26(25)33-34-27/h6-11,14,18-19,36H,5,12-13,15-17H2,1-4H3,(H,32,37)(H,33,34)/t18-,19?,30?/m1/s1. The Balaban J connectivity index is 1.18. The van der Waals surface area contributed by atoms with E-state index in [0.717, 1.165) is 65.7 Å². The minimum atomic E-state index is -0.404. The van der Waals surface area contributed by atoms with Crippen molar-refractivity contribution in [2.45, 2.75) is 84.0 Å². The quantitative estimate of drug-likeness (QED) is 0.435. The predicted octanol–water partition coefficient (Wildman–Crippen LogP) is 4.95. The predicted molar refractivity (Wildman–Crippen MR) is 146 cm³/mol. The van der Waals surface area contributed by atoms with Gasteiger partial charge < -0.3 is 15.3 Å². The average Bonchev–Trinajstić information content (AvgIpc) is 3.53. The van der Waals surface area contributed by atoms with E-state index >= 15 is 0 Å². The van der Waals surface area contributed by atoms with Gasteiger partial charge >= 0.3 is 0 Å². The fraction of sp³-hybridized carbons (Fsp3) is 0.452. The van der Waals surface area contributed by atoms with Gasteiger partial charge in [0, 0.05) is 45.4 Å². The van der Waals surface area contributed by atoms with Gasteiger partial charge in [-0.2, -0.15) is 5.10 Å². The molecule has 3 N–H and O–H groups in total. The summed E-state index contributed by atoms with van der Waals surface area (Å²) in [6, 6.07) is 13.5. The number of carbonyl (C=O) groups excluding carboxylic acids is 2. The lowest BCUT2D eigenvalue weighted by atomic mass is 9.78. The number of benzene rings is 2. The number of aliphatic hydroxyl groups is 1. The minimum Gasteiger partial charge on any atom is -0.393 e. The molecule has 2 amide bonds. The van der Waals surface area contributed by atoms with Crippen LogP contribution in [0.3, 0.4) is 0 Å². The van der Waals surface area contributed by atoms with Crippen molar-refractivity contribution >= 4 is 11.8 Å². The summed E-state index contributed by atoms with van der Waals surface area (Å²) in [5.74, 6) is -0.0186. The molecule has 6 rings (SSSR count). The first-order valence-electron chi connectivity index (χ1n) is 13.7. The van der Waals surface area contributed by atoms with Gasteiger partial charge in [0.05, 0.1) is 17.8 Å². The van der Waals surface area contributed by atoms with Crippen molar-refractivity contribution in [3.05, 3.63) is 76.0 Å². The van der Waals surface area contributed by atoms with Crippen LogP contribution in [-0.4, -0.2) is 43.7 Å². The molecule has 198 valence electrons. The Kier molecular flexibility index (Phi) is 5.76. The van der Waals surface area contributed by atoms with Crippen LogP contribution in [0.2, 0.25) is 0 Å². The van der Waals surface area contributed by atoms with Crippen molar-refractivity contribution in [2.24, 2.45) is 5.41 Å². The highest BCUT2D eigenvalue weighted by atomic mass is 16.3. The van der Waals surface area contributed by atoms with E-state index in [0.29, 0.717) is 12.1 Å². The molecular weight excluding hydrogens is 476 g/mol. The van der Waals surface area contributed by atoms with Gasteiger partial charge in [-0.05, 0) is 88.3 Å². The molecule has 3 aliphatic rings. The van der Waals surface area contributed by atoms with Crippen LogP contribution >= 0.6 is 0 Å². The summed E-state index contributed by atoms with van der Waals surface area (Å²) in [5.41, 5.74) is 7.26. The molecule has 3 aromatic rings. The molecule has 0 spiro atoms. The van der Waals surface area contributed by atoms with Crippen LogP contribution in [-0.2, 0) is 19.4 Å². The van der Waals surface area contributed by atoms with Crippen LogP contribution in [0.25, 0.3) is 11.3 Å². The number of hydrogen-bond donors (Lipinski definition) is 3. The van der Waals surface area contributed by atoms with E-state index in [4.69, 9.17) is 0 Å². The fourth-order valence-electron chi connectivity index (χ4n) is 6.22. The highest BCUT2D eigenvalue weighted by molar-refractivity contribution is 5.99. The van der Waals surface area contributed by atoms with Crippen molar-refractivity contribution in [2.75, 3.05) is 0 Å². The van der Waals surface area contributed by atoms with Gasteiger partial charge in [-0.1, -0.05) is 25.1 Å². The molecule has 2 unspecified atom stereocenters. The Morgan fingerprint density at radius 1 is 1.11 bits per heavy atom. The number of aromatic nitrogens is 2. The lowest BCUT2D eigenvalue weighted by Gasteiger charge is -2.39. The third kappa shape index (κ3) is 4.04. The minimum absolute atomic E-state index is 0.0210. The number of aliphatic hydroxyl groups excluding tert-OH is 1. The van der Waals surface area contributed by atoms with Gasteiger partial charge in [0.1, 0.15) is 0 Å². The molecule has 2 aromatic carbocycles. The van der Waals surface area contributed by atoms with Crippen molar-refractivity contribution in [1.29, 1.82) is 0 Å². The van der Waals surface area contributed by atoms with Crippen molar-refractivity contribution < 1.29 is 14.7 Å². The maximum absolute atomic E-state index is 13.3. The summed E-state index contributed by atoms with van der Waals surface area (Å²) in [6.45, 7) is 8.63. The molecule has 1 aromatic heterocycles. The smallest absolute Gasteiger partial charge is 0.255 e. The lowest BCUT2D eigenvalue weighted by Crippen LogP contribution is -2.50. The maximum atomic E-state index is 13.3. The van der Waals surface area contributed by atoms with Gasteiger partial charge in [-0.15, -0.1) is 0 Å². The molecule has 7 nitrogen and oxygen atoms in total. The van der Waals surface area contributed by atoms with E-state index in [1.807, 2.05) is 55.1 Å². The number of H-pyrrole nitrogens is 1. The summed E-state index contributed by atoms with van der Waals surface area (Å²) in [4.78, 5) is 27.9. The molecule has 3 atom stereocenters. The Bertz CT molecular complexity index is 1420. The van der Waals surface area contributed by atoms with Gasteiger partial charge in [0.15, 0.2) is 0 Å². The molecule has 2 aliphatic carbocycles. The third-order valence-electron chi connectivity index (χ3n) is 9.33. The van der Waals surface area contributed by atoms with Crippen LogP contribution in [0, 0.1) is 5.41 Å². The summed E-state index contributed by atoms with van der Waals surface area (Å²) >= 11 is 0. The van der Waals surface area contributed by atoms with E-state index in [2.05, 4.69) is 35.4 Å². The first-order valence-corrected chi connectivity index (χ1v) is 13.7. The molecular formula is C31H36N4O3. The largest absolute Gasteiger partial charge is 0.393 e. The van der Waals surface area contributed by atoms with Gasteiger partial charge in [-0.25, -0.2) is 0 Å². The molecule has 1 saturated carbocycles. The second-order valence-electron chi connectivity index (χ2n) is 12.2. The van der Waals surface area contributed by atoms with Crippen molar-refractivity contribution in [1.82, 2.24) is 20.4 Å². The first kappa shape index (κ1) is 24.9. The number of amides is 2. The van der Waals surface area contributed by atoms with Crippen LogP contribution in [0.4, 0.5) is 0 Å². The molecule has 2 heterocycles. The Morgan fingerprint density at radius 3 is 2.50 bits per heavy atom. The fourth-order valence-corrected chi connectivity index (χ4v) is 6.22. The summed E-state index contributed by atoms with van der Waals surface area (Å²) < 4.78 is 0. The topological polar surface area (TPSA) is 98.3 Å². The second-order valence-corrected chi connectivity index (χ2v) is 12.2. The summed E-state index contributed by atoms with van der Waals surface area (Å²) in [7, 11) is 0. The highest BCUT2D eigenvalue weighted by Gasteiger charge is 2.40. The molecule has 38 heavy (non-hydrogen) atoms. The normalized spacial score (nSPS) is 23.0. The third-order valence-corrected chi connectivity index (χ3v) is 9.33. The van der Waals surface area contributed by atoms with Crippen molar-refractivity contribution in [3.8, 4) is 11.3 Å². The summed E-state index contributed by atoms with van der Waals surface area (Å²) in [5, 5.41) is 21.2. The van der Waals surface area contributed by atoms with Crippen LogP contribution in [0.5, 0.6) is 0 Å². The van der Waals surface area contributed by atoms with E-state index in [1.165, 1.54) is 5.56 Å². The van der Waals surface area contributed by atoms with E-state index < -0.39 is 6.10 Å². The molecule has 7 heteroatoms. The number of nitrogens with one attached hydrogen (secondary N) is 2. The first-order chi connectivity index (χ1) is 18.1. The number of aromatic amines is 1. The number of rotatable bonds is 6. The van der Waals surface area contributed by atoms with Crippen LogP contribution in [0.1, 0.15) is 96.1 Å². The SMILES string of the molecule is CC(O)C1(C)Cc2[nH]nc(-c3ccc4c(c3)CN([C@H](C)c3ccc(C(=O)NC5(C)CCC5)cc3)C4=O)c2C1. The van der Waals surface area contributed by atoms with E-state index in [-0.39, 0.29) is 28.8 Å². The summed E-state index contributed by atoms with van der Waals surface area (Å²) in [6.07, 6.45) is 4.36. The number of fused-ring (bicyclic) bond motifs is 2. The molecule has 1 aliphatic heterocycles. The highest BCUT2D eigenvalue weighted by Crippen LogP contribution is 2.43. The van der Waals surface area contributed by atoms with Crippen LogP contribution in [0.15, 0.2) is 42.5 Å². The number of nitrogens with zero attached hydrogens (tertiary/aromatic N) is 2. The van der Waals surface area contributed by atoms with Gasteiger partial charge in [-0.3, -0.25) is 14.7 Å². The molecule has 0 saturated heterocycles. The molecule has 0 bridgehead atoms. The lowest BCUT2D eigenvalue weighted by molar-refractivity contribution is 0.0596. The zero-order valence-electron chi connectivity index (χ0n) is 22.6. The molecule has 0 radical (unpaired) electrons.